The maximum Gasteiger partial charge on any atom is 0.257 e. The summed E-state index contributed by atoms with van der Waals surface area (Å²) in [5, 5.41) is 2.87. The van der Waals surface area contributed by atoms with Gasteiger partial charge in [-0.05, 0) is 47.2 Å². The standard InChI is InChI=1S/C21H27NO3/c1-21(2,3)17-8-10-18(11-9-17)25-15-20(23)22-13-12-16-6-5-7-19(14-16)24-4/h5-11,14H,12-13,15H2,1-4H3,(H,22,23). The fourth-order valence-corrected chi connectivity index (χ4v) is 2.43. The van der Waals surface area contributed by atoms with Crippen LogP contribution in [0.4, 0.5) is 0 Å². The van der Waals surface area contributed by atoms with Crippen molar-refractivity contribution >= 4 is 5.91 Å². The molecule has 1 N–H and O–H groups in total. The van der Waals surface area contributed by atoms with Gasteiger partial charge in [-0.3, -0.25) is 4.79 Å². The van der Waals surface area contributed by atoms with Crippen molar-refractivity contribution in [2.45, 2.75) is 32.6 Å². The molecule has 0 saturated heterocycles. The molecule has 0 fully saturated rings. The number of methoxy groups -OCH3 is 1. The van der Waals surface area contributed by atoms with Gasteiger partial charge >= 0.3 is 0 Å². The molecule has 0 spiro atoms. The molecule has 0 bridgehead atoms. The van der Waals surface area contributed by atoms with Gasteiger partial charge in [-0.1, -0.05) is 45.0 Å². The molecule has 0 aliphatic carbocycles. The minimum absolute atomic E-state index is 0.0208. The predicted octanol–water partition coefficient (Wildman–Crippen LogP) is 3.73. The molecule has 4 heteroatoms. The second-order valence-electron chi connectivity index (χ2n) is 7.01. The van der Waals surface area contributed by atoms with Crippen molar-refractivity contribution in [2.24, 2.45) is 0 Å². The van der Waals surface area contributed by atoms with Gasteiger partial charge in [0.05, 0.1) is 7.11 Å². The van der Waals surface area contributed by atoms with Crippen molar-refractivity contribution < 1.29 is 14.3 Å². The third-order valence-corrected chi connectivity index (χ3v) is 3.96. The lowest BCUT2D eigenvalue weighted by Crippen LogP contribution is -2.30. The first-order chi connectivity index (χ1) is 11.9. The van der Waals surface area contributed by atoms with E-state index in [0.717, 1.165) is 17.7 Å². The van der Waals surface area contributed by atoms with E-state index in [0.29, 0.717) is 12.3 Å². The summed E-state index contributed by atoms with van der Waals surface area (Å²) in [6.07, 6.45) is 0.753. The molecule has 0 radical (unpaired) electrons. The molecule has 0 saturated carbocycles. The molecule has 1 amide bonds. The normalized spacial score (nSPS) is 11.0. The molecule has 2 aromatic carbocycles. The number of hydrogen-bond donors (Lipinski definition) is 1. The Morgan fingerprint density at radius 1 is 1.04 bits per heavy atom. The van der Waals surface area contributed by atoms with Crippen molar-refractivity contribution in [1.82, 2.24) is 5.32 Å². The van der Waals surface area contributed by atoms with Gasteiger partial charge < -0.3 is 14.8 Å². The van der Waals surface area contributed by atoms with Crippen molar-refractivity contribution in [3.05, 3.63) is 59.7 Å². The van der Waals surface area contributed by atoms with Crippen LogP contribution in [-0.4, -0.2) is 26.2 Å². The Bertz CT molecular complexity index is 687. The van der Waals surface area contributed by atoms with Crippen LogP contribution in [-0.2, 0) is 16.6 Å². The lowest BCUT2D eigenvalue weighted by Gasteiger charge is -2.19. The Hall–Kier alpha value is -2.49. The lowest BCUT2D eigenvalue weighted by molar-refractivity contribution is -0.123. The van der Waals surface area contributed by atoms with E-state index in [-0.39, 0.29) is 17.9 Å². The number of hydrogen-bond acceptors (Lipinski definition) is 3. The summed E-state index contributed by atoms with van der Waals surface area (Å²) in [4.78, 5) is 11.9. The monoisotopic (exact) mass is 341 g/mol. The first-order valence-corrected chi connectivity index (χ1v) is 8.51. The summed E-state index contributed by atoms with van der Waals surface area (Å²) in [6, 6.07) is 15.7. The van der Waals surface area contributed by atoms with Crippen molar-refractivity contribution in [3.8, 4) is 11.5 Å². The molecule has 4 nitrogen and oxygen atoms in total. The van der Waals surface area contributed by atoms with Gasteiger partial charge in [-0.2, -0.15) is 0 Å². The van der Waals surface area contributed by atoms with Crippen molar-refractivity contribution in [3.63, 3.8) is 0 Å². The highest BCUT2D eigenvalue weighted by atomic mass is 16.5. The second kappa shape index (κ2) is 8.56. The van der Waals surface area contributed by atoms with Gasteiger partial charge in [0.1, 0.15) is 11.5 Å². The Balaban J connectivity index is 1.73. The van der Waals surface area contributed by atoms with Gasteiger partial charge in [0.2, 0.25) is 0 Å². The van der Waals surface area contributed by atoms with E-state index in [2.05, 4.69) is 26.1 Å². The fourth-order valence-electron chi connectivity index (χ4n) is 2.43. The molecular formula is C21H27NO3. The molecule has 0 atom stereocenters. The summed E-state index contributed by atoms with van der Waals surface area (Å²) < 4.78 is 10.7. The van der Waals surface area contributed by atoms with Crippen LogP contribution in [0.3, 0.4) is 0 Å². The molecule has 0 unspecified atom stereocenters. The topological polar surface area (TPSA) is 47.6 Å². The Labute approximate surface area is 150 Å². The highest BCUT2D eigenvalue weighted by Crippen LogP contribution is 2.24. The average molecular weight is 341 g/mol. The number of rotatable bonds is 7. The van der Waals surface area contributed by atoms with Crippen LogP contribution in [0.2, 0.25) is 0 Å². The summed E-state index contributed by atoms with van der Waals surface area (Å²) in [5.74, 6) is 1.41. The van der Waals surface area contributed by atoms with Crippen LogP contribution in [0, 0.1) is 0 Å². The van der Waals surface area contributed by atoms with Crippen LogP contribution >= 0.6 is 0 Å². The maximum absolute atomic E-state index is 11.9. The molecule has 2 aromatic rings. The minimum atomic E-state index is -0.122. The second-order valence-corrected chi connectivity index (χ2v) is 7.01. The molecule has 25 heavy (non-hydrogen) atoms. The Kier molecular flexibility index (Phi) is 6.45. The molecule has 0 heterocycles. The summed E-state index contributed by atoms with van der Waals surface area (Å²) >= 11 is 0. The van der Waals surface area contributed by atoms with Gasteiger partial charge in [0, 0.05) is 6.54 Å². The number of benzene rings is 2. The first kappa shape index (κ1) is 18.8. The van der Waals surface area contributed by atoms with Gasteiger partial charge in [-0.15, -0.1) is 0 Å². The van der Waals surface area contributed by atoms with E-state index in [4.69, 9.17) is 9.47 Å². The zero-order valence-corrected chi connectivity index (χ0v) is 15.5. The van der Waals surface area contributed by atoms with E-state index in [1.165, 1.54) is 5.56 Å². The lowest BCUT2D eigenvalue weighted by atomic mass is 9.87. The number of carbonyl (C=O) groups is 1. The number of carbonyl (C=O) groups excluding carboxylic acids is 1. The highest BCUT2D eigenvalue weighted by molar-refractivity contribution is 5.77. The largest absolute Gasteiger partial charge is 0.497 e. The quantitative estimate of drug-likeness (QED) is 0.835. The molecule has 0 aliphatic heterocycles. The van der Waals surface area contributed by atoms with E-state index in [9.17, 15) is 4.79 Å². The Morgan fingerprint density at radius 3 is 2.40 bits per heavy atom. The molecule has 0 aliphatic rings. The van der Waals surface area contributed by atoms with E-state index in [1.54, 1.807) is 7.11 Å². The van der Waals surface area contributed by atoms with Crippen molar-refractivity contribution in [1.29, 1.82) is 0 Å². The number of ether oxygens (including phenoxy) is 2. The Morgan fingerprint density at radius 2 is 1.76 bits per heavy atom. The summed E-state index contributed by atoms with van der Waals surface area (Å²) in [7, 11) is 1.65. The maximum atomic E-state index is 11.9. The number of nitrogens with one attached hydrogen (secondary N) is 1. The van der Waals surface area contributed by atoms with E-state index >= 15 is 0 Å². The van der Waals surface area contributed by atoms with Crippen LogP contribution in [0.15, 0.2) is 48.5 Å². The first-order valence-electron chi connectivity index (χ1n) is 8.51. The third kappa shape index (κ3) is 6.14. The predicted molar refractivity (Wildman–Crippen MR) is 100 cm³/mol. The minimum Gasteiger partial charge on any atom is -0.497 e. The van der Waals surface area contributed by atoms with Crippen LogP contribution in [0.5, 0.6) is 11.5 Å². The van der Waals surface area contributed by atoms with Crippen LogP contribution in [0.25, 0.3) is 0 Å². The SMILES string of the molecule is COc1cccc(CCNC(=O)COc2ccc(C(C)(C)C)cc2)c1. The molecular weight excluding hydrogens is 314 g/mol. The zero-order chi connectivity index (χ0) is 18.3. The van der Waals surface area contributed by atoms with Gasteiger partial charge in [0.15, 0.2) is 6.61 Å². The van der Waals surface area contributed by atoms with Gasteiger partial charge in [0.25, 0.3) is 5.91 Å². The van der Waals surface area contributed by atoms with Crippen LogP contribution < -0.4 is 14.8 Å². The van der Waals surface area contributed by atoms with Gasteiger partial charge in [-0.25, -0.2) is 0 Å². The fraction of sp³-hybridized carbons (Fsp3) is 0.381. The number of amides is 1. The van der Waals surface area contributed by atoms with Crippen molar-refractivity contribution in [2.75, 3.05) is 20.3 Å². The van der Waals surface area contributed by atoms with Crippen LogP contribution in [0.1, 0.15) is 31.9 Å². The molecule has 2 rings (SSSR count). The average Bonchev–Trinajstić information content (AvgIpc) is 2.60. The molecule has 0 aromatic heterocycles. The summed E-state index contributed by atoms with van der Waals surface area (Å²) in [6.45, 7) is 7.08. The third-order valence-electron chi connectivity index (χ3n) is 3.96. The zero-order valence-electron chi connectivity index (χ0n) is 15.5. The molecule has 134 valence electrons. The van der Waals surface area contributed by atoms with E-state index in [1.807, 2.05) is 48.5 Å². The van der Waals surface area contributed by atoms with E-state index < -0.39 is 0 Å². The highest BCUT2D eigenvalue weighted by Gasteiger charge is 2.13. The smallest absolute Gasteiger partial charge is 0.257 e. The summed E-state index contributed by atoms with van der Waals surface area (Å²) in [5.41, 5.74) is 2.47.